The van der Waals surface area contributed by atoms with Crippen molar-refractivity contribution in [2.75, 3.05) is 25.8 Å². The summed E-state index contributed by atoms with van der Waals surface area (Å²) >= 11 is 0. The SMILES string of the molecule is COc1ccc(CN2N=NN3CC4(C(=O)Nc5ccccc54)C4C=C5OCOC5=CC4=C23)cn1. The van der Waals surface area contributed by atoms with E-state index in [0.717, 1.165) is 28.2 Å². The summed E-state index contributed by atoms with van der Waals surface area (Å²) in [7, 11) is 1.59. The number of pyridine rings is 1. The van der Waals surface area contributed by atoms with Gasteiger partial charge in [0.05, 0.1) is 20.2 Å². The zero-order chi connectivity index (χ0) is 22.9. The molecule has 1 N–H and O–H groups in total. The molecule has 1 aromatic heterocycles. The van der Waals surface area contributed by atoms with Crippen molar-refractivity contribution in [3.05, 3.63) is 88.8 Å². The van der Waals surface area contributed by atoms with Crippen molar-refractivity contribution in [1.29, 1.82) is 0 Å². The first-order chi connectivity index (χ1) is 16.7. The van der Waals surface area contributed by atoms with Crippen molar-refractivity contribution in [3.63, 3.8) is 0 Å². The van der Waals surface area contributed by atoms with E-state index >= 15 is 0 Å². The minimum absolute atomic E-state index is 0.0594. The molecule has 34 heavy (non-hydrogen) atoms. The maximum absolute atomic E-state index is 13.6. The monoisotopic (exact) mass is 456 g/mol. The van der Waals surface area contributed by atoms with E-state index in [4.69, 9.17) is 14.2 Å². The van der Waals surface area contributed by atoms with E-state index in [2.05, 4.69) is 20.7 Å². The lowest BCUT2D eigenvalue weighted by molar-refractivity contribution is -0.123. The van der Waals surface area contributed by atoms with Crippen LogP contribution in [0.3, 0.4) is 0 Å². The molecule has 1 amide bonds. The van der Waals surface area contributed by atoms with Gasteiger partial charge in [-0.1, -0.05) is 24.3 Å². The summed E-state index contributed by atoms with van der Waals surface area (Å²) in [6, 6.07) is 11.6. The fourth-order valence-electron chi connectivity index (χ4n) is 5.39. The highest BCUT2D eigenvalue weighted by molar-refractivity contribution is 6.07. The summed E-state index contributed by atoms with van der Waals surface area (Å²) in [6.07, 6.45) is 5.73. The third-order valence-electron chi connectivity index (χ3n) is 6.94. The molecule has 2 unspecified atom stereocenters. The van der Waals surface area contributed by atoms with Crippen LogP contribution in [-0.2, 0) is 26.2 Å². The highest BCUT2D eigenvalue weighted by Gasteiger charge is 2.59. The van der Waals surface area contributed by atoms with Crippen molar-refractivity contribution in [3.8, 4) is 5.88 Å². The number of aromatic nitrogens is 1. The Balaban J connectivity index is 1.36. The number of hydrogen-bond donors (Lipinski definition) is 1. The van der Waals surface area contributed by atoms with Gasteiger partial charge in [-0.3, -0.25) is 4.79 Å². The third-order valence-corrected chi connectivity index (χ3v) is 6.94. The second-order valence-electron chi connectivity index (χ2n) is 8.68. The molecule has 0 saturated carbocycles. The number of fused-ring (bicyclic) bond motifs is 6. The molecule has 2 aromatic rings. The maximum atomic E-state index is 13.6. The van der Waals surface area contributed by atoms with Crippen molar-refractivity contribution in [2.24, 2.45) is 16.4 Å². The lowest BCUT2D eigenvalue weighted by Gasteiger charge is -2.43. The molecular formula is C24H20N6O4. The van der Waals surface area contributed by atoms with Gasteiger partial charge in [0.2, 0.25) is 18.6 Å². The topological polar surface area (TPSA) is 101 Å². The number of allylic oxidation sites excluding steroid dienone is 3. The first-order valence-corrected chi connectivity index (χ1v) is 11.0. The van der Waals surface area contributed by atoms with Crippen molar-refractivity contribution in [2.45, 2.75) is 12.0 Å². The van der Waals surface area contributed by atoms with Crippen LogP contribution in [0.4, 0.5) is 5.69 Å². The van der Waals surface area contributed by atoms with E-state index in [1.54, 1.807) is 13.3 Å². The molecule has 5 aliphatic rings. The molecule has 1 aliphatic carbocycles. The van der Waals surface area contributed by atoms with Crippen LogP contribution >= 0.6 is 0 Å². The third kappa shape index (κ3) is 2.50. The summed E-state index contributed by atoms with van der Waals surface area (Å²) < 4.78 is 16.6. The van der Waals surface area contributed by atoms with E-state index < -0.39 is 5.41 Å². The molecule has 1 spiro atoms. The molecule has 10 heteroatoms. The van der Waals surface area contributed by atoms with Gasteiger partial charge >= 0.3 is 0 Å². The van der Waals surface area contributed by atoms with Gasteiger partial charge in [-0.15, -0.1) is 0 Å². The summed E-state index contributed by atoms with van der Waals surface area (Å²) in [5, 5.41) is 15.6. The number of rotatable bonds is 3. The van der Waals surface area contributed by atoms with Gasteiger partial charge in [-0.05, 0) is 39.8 Å². The number of carbonyl (C=O) groups excluding carboxylic acids is 1. The molecule has 0 bridgehead atoms. The van der Waals surface area contributed by atoms with Crippen LogP contribution in [0.1, 0.15) is 11.1 Å². The molecule has 2 atom stereocenters. The molecular weight excluding hydrogens is 436 g/mol. The summed E-state index contributed by atoms with van der Waals surface area (Å²) in [4.78, 5) is 17.9. The van der Waals surface area contributed by atoms with Gasteiger partial charge in [-0.2, -0.15) is 0 Å². The number of nitrogens with one attached hydrogen (secondary N) is 1. The molecule has 1 fully saturated rings. The standard InChI is InChI=1S/C24H20N6O4/c1-32-21-7-6-14(10-25-21)11-29-22-15-8-19-20(34-13-33-19)9-17(15)24(12-30(22)28-27-29)16-4-2-3-5-18(16)26-23(24)31/h2-10,17H,11-13H2,1H3,(H,26,31). The van der Waals surface area contributed by atoms with Crippen LogP contribution in [0.5, 0.6) is 5.88 Å². The molecule has 1 saturated heterocycles. The van der Waals surface area contributed by atoms with E-state index in [9.17, 15) is 4.79 Å². The Morgan fingerprint density at radius 1 is 1.18 bits per heavy atom. The second-order valence-corrected chi connectivity index (χ2v) is 8.68. The number of methoxy groups -OCH3 is 1. The Morgan fingerprint density at radius 2 is 2.06 bits per heavy atom. The molecule has 0 radical (unpaired) electrons. The lowest BCUT2D eigenvalue weighted by Crippen LogP contribution is -2.53. The van der Waals surface area contributed by atoms with Crippen LogP contribution in [0.15, 0.2) is 88.1 Å². The Bertz CT molecular complexity index is 1350. The van der Waals surface area contributed by atoms with Gasteiger partial charge in [0.1, 0.15) is 5.41 Å². The van der Waals surface area contributed by atoms with Gasteiger partial charge < -0.3 is 19.5 Å². The molecule has 7 rings (SSSR count). The van der Waals surface area contributed by atoms with Crippen molar-refractivity contribution < 1.29 is 19.0 Å². The Labute approximate surface area is 194 Å². The number of carbonyl (C=O) groups is 1. The van der Waals surface area contributed by atoms with Gasteiger partial charge in [0, 0.05) is 29.4 Å². The number of para-hydroxylation sites is 1. The predicted octanol–water partition coefficient (Wildman–Crippen LogP) is 3.01. The van der Waals surface area contributed by atoms with Crippen LogP contribution in [0.25, 0.3) is 0 Å². The molecule has 5 heterocycles. The highest BCUT2D eigenvalue weighted by atomic mass is 16.7. The number of nitrogens with zero attached hydrogens (tertiary/aromatic N) is 5. The average Bonchev–Trinajstić information content (AvgIpc) is 3.55. The van der Waals surface area contributed by atoms with E-state index in [1.807, 2.05) is 58.6 Å². The minimum atomic E-state index is -0.868. The zero-order valence-corrected chi connectivity index (χ0v) is 18.3. The molecule has 170 valence electrons. The first-order valence-electron chi connectivity index (χ1n) is 11.0. The largest absolute Gasteiger partial charge is 0.481 e. The van der Waals surface area contributed by atoms with Crippen LogP contribution in [-0.4, -0.2) is 41.4 Å². The number of benzene rings is 1. The zero-order valence-electron chi connectivity index (χ0n) is 18.3. The first kappa shape index (κ1) is 19.2. The Hall–Kier alpha value is -4.34. The summed E-state index contributed by atoms with van der Waals surface area (Å²) in [5.74, 6) is 2.35. The number of amides is 1. The van der Waals surface area contributed by atoms with E-state index in [0.29, 0.717) is 30.5 Å². The molecule has 1 aromatic carbocycles. The quantitative estimate of drug-likeness (QED) is 0.758. The summed E-state index contributed by atoms with van der Waals surface area (Å²) in [5.41, 5.74) is 2.77. The predicted molar refractivity (Wildman–Crippen MR) is 118 cm³/mol. The Kier molecular flexibility index (Phi) is 3.85. The van der Waals surface area contributed by atoms with Crippen LogP contribution in [0, 0.1) is 5.92 Å². The number of ether oxygens (including phenoxy) is 3. The fourth-order valence-corrected chi connectivity index (χ4v) is 5.39. The van der Waals surface area contributed by atoms with Gasteiger partial charge in [-0.25, -0.2) is 15.0 Å². The fraction of sp³-hybridized carbons (Fsp3) is 0.250. The lowest BCUT2D eigenvalue weighted by atomic mass is 9.64. The maximum Gasteiger partial charge on any atom is 0.237 e. The van der Waals surface area contributed by atoms with Crippen LogP contribution < -0.4 is 10.1 Å². The average molecular weight is 456 g/mol. The Morgan fingerprint density at radius 3 is 2.91 bits per heavy atom. The van der Waals surface area contributed by atoms with E-state index in [1.165, 1.54) is 0 Å². The number of anilines is 1. The molecule has 10 nitrogen and oxygen atoms in total. The summed E-state index contributed by atoms with van der Waals surface area (Å²) in [6.45, 7) is 0.978. The second kappa shape index (κ2) is 6.83. The highest BCUT2D eigenvalue weighted by Crippen LogP contribution is 2.54. The van der Waals surface area contributed by atoms with Crippen molar-refractivity contribution in [1.82, 2.24) is 15.0 Å². The van der Waals surface area contributed by atoms with Gasteiger partial charge in [0.15, 0.2) is 17.3 Å². The number of hydrogen-bond acceptors (Lipinski definition) is 9. The van der Waals surface area contributed by atoms with Crippen LogP contribution in [0.2, 0.25) is 0 Å². The molecule has 4 aliphatic heterocycles. The normalized spacial score (nSPS) is 25.7. The van der Waals surface area contributed by atoms with Gasteiger partial charge in [0.25, 0.3) is 0 Å². The van der Waals surface area contributed by atoms with E-state index in [-0.39, 0.29) is 18.6 Å². The van der Waals surface area contributed by atoms with Crippen molar-refractivity contribution >= 4 is 11.6 Å². The minimum Gasteiger partial charge on any atom is -0.481 e. The smallest absolute Gasteiger partial charge is 0.237 e.